The van der Waals surface area contributed by atoms with Crippen molar-refractivity contribution >= 4 is 11.8 Å². The van der Waals surface area contributed by atoms with Crippen molar-refractivity contribution < 1.29 is 4.79 Å². The third-order valence-corrected chi connectivity index (χ3v) is 5.47. The monoisotopic (exact) mass is 369 g/mol. The number of carbonyl (C=O) groups is 1. The second kappa shape index (κ2) is 7.94. The van der Waals surface area contributed by atoms with Crippen LogP contribution in [0.1, 0.15) is 43.1 Å². The molecule has 0 aromatic carbocycles. The van der Waals surface area contributed by atoms with E-state index in [1.807, 2.05) is 19.1 Å². The average Bonchev–Trinajstić information content (AvgIpc) is 3.08. The van der Waals surface area contributed by atoms with Gasteiger partial charge in [-0.25, -0.2) is 9.78 Å². The summed E-state index contributed by atoms with van der Waals surface area (Å²) in [6, 6.07) is 4.00. The molecule has 0 radical (unpaired) electrons. The Morgan fingerprint density at radius 3 is 2.89 bits per heavy atom. The van der Waals surface area contributed by atoms with E-state index in [4.69, 9.17) is 0 Å². The largest absolute Gasteiger partial charge is 0.355 e. The Bertz CT molecular complexity index is 768. The number of urea groups is 1. The van der Waals surface area contributed by atoms with E-state index in [1.165, 1.54) is 0 Å². The molecular formula is C19H27N7O. The molecule has 2 aromatic heterocycles. The number of hydrogen-bond acceptors (Lipinski definition) is 5. The number of nitrogens with zero attached hydrogens (tertiary/aromatic N) is 5. The topological polar surface area (TPSA) is 88.0 Å². The van der Waals surface area contributed by atoms with E-state index in [2.05, 4.69) is 41.5 Å². The molecule has 0 aliphatic carbocycles. The molecule has 1 unspecified atom stereocenters. The first-order valence-electron chi connectivity index (χ1n) is 9.80. The molecule has 2 N–H and O–H groups in total. The predicted molar refractivity (Wildman–Crippen MR) is 103 cm³/mol. The highest BCUT2D eigenvalue weighted by Gasteiger charge is 2.24. The first-order valence-corrected chi connectivity index (χ1v) is 9.80. The summed E-state index contributed by atoms with van der Waals surface area (Å²) in [6.45, 7) is 5.45. The molecule has 4 heterocycles. The maximum atomic E-state index is 12.3. The average molecular weight is 369 g/mol. The number of carbonyl (C=O) groups excluding carboxylic acids is 1. The van der Waals surface area contributed by atoms with Crippen molar-refractivity contribution in [2.24, 2.45) is 0 Å². The van der Waals surface area contributed by atoms with Crippen molar-refractivity contribution in [1.29, 1.82) is 0 Å². The van der Waals surface area contributed by atoms with Crippen LogP contribution in [0.3, 0.4) is 0 Å². The molecule has 2 aromatic rings. The molecule has 144 valence electrons. The number of fused-ring (bicyclic) bond motifs is 1. The maximum Gasteiger partial charge on any atom is 0.315 e. The molecule has 2 amide bonds. The Morgan fingerprint density at radius 2 is 2.11 bits per heavy atom. The Balaban J connectivity index is 1.23. The van der Waals surface area contributed by atoms with E-state index in [0.717, 1.165) is 62.7 Å². The molecule has 2 aliphatic heterocycles. The molecule has 4 rings (SSSR count). The van der Waals surface area contributed by atoms with Crippen LogP contribution in [0.5, 0.6) is 0 Å². The van der Waals surface area contributed by atoms with Crippen LogP contribution in [-0.4, -0.2) is 51.5 Å². The Labute approximate surface area is 159 Å². The van der Waals surface area contributed by atoms with E-state index in [9.17, 15) is 4.79 Å². The zero-order valence-corrected chi connectivity index (χ0v) is 15.8. The van der Waals surface area contributed by atoms with Crippen molar-refractivity contribution in [2.75, 3.05) is 24.5 Å². The quantitative estimate of drug-likeness (QED) is 0.858. The van der Waals surface area contributed by atoms with Gasteiger partial charge in [0.25, 0.3) is 0 Å². The van der Waals surface area contributed by atoms with E-state index >= 15 is 0 Å². The second-order valence-electron chi connectivity index (χ2n) is 7.47. The number of aromatic nitrogens is 4. The van der Waals surface area contributed by atoms with Crippen molar-refractivity contribution in [3.05, 3.63) is 36.0 Å². The first-order chi connectivity index (χ1) is 13.2. The number of anilines is 1. The van der Waals surface area contributed by atoms with Gasteiger partial charge in [-0.2, -0.15) is 5.10 Å². The zero-order chi connectivity index (χ0) is 18.6. The van der Waals surface area contributed by atoms with Gasteiger partial charge in [-0.3, -0.25) is 0 Å². The van der Waals surface area contributed by atoms with Crippen LogP contribution >= 0.6 is 0 Å². The molecule has 1 saturated heterocycles. The summed E-state index contributed by atoms with van der Waals surface area (Å²) in [5.41, 5.74) is 1.05. The fourth-order valence-corrected chi connectivity index (χ4v) is 4.07. The van der Waals surface area contributed by atoms with Crippen LogP contribution < -0.4 is 15.5 Å². The molecule has 0 bridgehead atoms. The zero-order valence-electron chi connectivity index (χ0n) is 15.8. The van der Waals surface area contributed by atoms with Gasteiger partial charge in [0.05, 0.1) is 5.69 Å². The van der Waals surface area contributed by atoms with Gasteiger partial charge in [0.2, 0.25) is 0 Å². The SMILES string of the molecule is Cc1cn2c(n1)C(CNC(=O)NC1CCN(c3cccnn3)CC1)CCC2. The van der Waals surface area contributed by atoms with Crippen LogP contribution in [-0.2, 0) is 6.54 Å². The number of imidazole rings is 1. The summed E-state index contributed by atoms with van der Waals surface area (Å²) in [5.74, 6) is 2.32. The Kier molecular flexibility index (Phi) is 5.22. The fraction of sp³-hybridized carbons (Fsp3) is 0.579. The number of hydrogen-bond donors (Lipinski definition) is 2. The lowest BCUT2D eigenvalue weighted by Crippen LogP contribution is -2.48. The summed E-state index contributed by atoms with van der Waals surface area (Å²) >= 11 is 0. The van der Waals surface area contributed by atoms with Crippen molar-refractivity contribution in [3.8, 4) is 0 Å². The number of aryl methyl sites for hydroxylation is 2. The number of piperidine rings is 1. The van der Waals surface area contributed by atoms with Crippen molar-refractivity contribution in [2.45, 2.75) is 51.1 Å². The molecule has 0 spiro atoms. The summed E-state index contributed by atoms with van der Waals surface area (Å²) in [7, 11) is 0. The van der Waals surface area contributed by atoms with Crippen molar-refractivity contribution in [3.63, 3.8) is 0 Å². The normalized spacial score (nSPS) is 20.2. The predicted octanol–water partition coefficient (Wildman–Crippen LogP) is 1.83. The van der Waals surface area contributed by atoms with Crippen LogP contribution in [0.4, 0.5) is 10.6 Å². The second-order valence-corrected chi connectivity index (χ2v) is 7.47. The number of nitrogens with one attached hydrogen (secondary N) is 2. The molecule has 8 nitrogen and oxygen atoms in total. The molecule has 27 heavy (non-hydrogen) atoms. The highest BCUT2D eigenvalue weighted by molar-refractivity contribution is 5.74. The molecule has 1 atom stereocenters. The number of rotatable bonds is 4. The highest BCUT2D eigenvalue weighted by atomic mass is 16.2. The summed E-state index contributed by atoms with van der Waals surface area (Å²) in [6.07, 6.45) is 7.83. The molecule has 2 aliphatic rings. The highest BCUT2D eigenvalue weighted by Crippen LogP contribution is 2.26. The third-order valence-electron chi connectivity index (χ3n) is 5.47. The standard InChI is InChI=1S/C19H27N7O/c1-14-13-26-9-3-4-15(18(26)22-14)12-20-19(27)23-16-6-10-25(11-7-16)17-5-2-8-21-24-17/h2,5,8,13,15-16H,3-4,6-7,9-12H2,1H3,(H2,20,23,27). The summed E-state index contributed by atoms with van der Waals surface area (Å²) < 4.78 is 2.23. The van der Waals surface area contributed by atoms with Gasteiger partial charge < -0.3 is 20.1 Å². The summed E-state index contributed by atoms with van der Waals surface area (Å²) in [5, 5.41) is 14.3. The maximum absolute atomic E-state index is 12.3. The molecular weight excluding hydrogens is 342 g/mol. The lowest BCUT2D eigenvalue weighted by atomic mass is 9.99. The van der Waals surface area contributed by atoms with Gasteiger partial charge >= 0.3 is 6.03 Å². The van der Waals surface area contributed by atoms with Crippen molar-refractivity contribution in [1.82, 2.24) is 30.4 Å². The lowest BCUT2D eigenvalue weighted by molar-refractivity contribution is 0.233. The van der Waals surface area contributed by atoms with Crippen LogP contribution in [0.15, 0.2) is 24.5 Å². The Morgan fingerprint density at radius 1 is 1.26 bits per heavy atom. The fourth-order valence-electron chi connectivity index (χ4n) is 4.07. The summed E-state index contributed by atoms with van der Waals surface area (Å²) in [4.78, 5) is 19.2. The molecule has 1 fully saturated rings. The van der Waals surface area contributed by atoms with E-state index in [-0.39, 0.29) is 12.1 Å². The van der Waals surface area contributed by atoms with Gasteiger partial charge in [0.1, 0.15) is 5.82 Å². The minimum absolute atomic E-state index is 0.0756. The smallest absolute Gasteiger partial charge is 0.315 e. The van der Waals surface area contributed by atoms with Gasteiger partial charge in [0, 0.05) is 50.5 Å². The number of amides is 2. The van der Waals surface area contributed by atoms with Crippen LogP contribution in [0, 0.1) is 6.92 Å². The van der Waals surface area contributed by atoms with Crippen LogP contribution in [0.2, 0.25) is 0 Å². The van der Waals surface area contributed by atoms with Gasteiger partial charge in [0.15, 0.2) is 5.82 Å². The first kappa shape index (κ1) is 17.8. The van der Waals surface area contributed by atoms with E-state index < -0.39 is 0 Å². The van der Waals surface area contributed by atoms with Gasteiger partial charge in [-0.05, 0) is 44.7 Å². The lowest BCUT2D eigenvalue weighted by Gasteiger charge is -2.33. The van der Waals surface area contributed by atoms with Gasteiger partial charge in [-0.15, -0.1) is 5.10 Å². The minimum atomic E-state index is -0.0756. The van der Waals surface area contributed by atoms with Gasteiger partial charge in [-0.1, -0.05) is 0 Å². The van der Waals surface area contributed by atoms with E-state index in [1.54, 1.807) is 6.20 Å². The molecule has 8 heteroatoms. The minimum Gasteiger partial charge on any atom is -0.355 e. The van der Waals surface area contributed by atoms with E-state index in [0.29, 0.717) is 12.5 Å². The Hall–Kier alpha value is -2.64. The van der Waals surface area contributed by atoms with Crippen LogP contribution in [0.25, 0.3) is 0 Å². The molecule has 0 saturated carbocycles. The third kappa shape index (κ3) is 4.20.